The number of sulfonamides is 1. The minimum atomic E-state index is -3.79. The standard InChI is InChI=1S/C23H28FN5O5S/c24-17-3-1-16(2-4-17)22(30)28-20(11-15-7-9-25-10-8-15)23(31)27-18-5-6-21(26-12-18)35(32,33)29-19-13-34-14-19/h1-6,12,15,19-20,25,29H,7-11,13-14H2,(H,27,31)(H,28,30)/t20-/m0/s1. The van der Waals surface area contributed by atoms with Crippen molar-refractivity contribution in [3.63, 3.8) is 0 Å². The summed E-state index contributed by atoms with van der Waals surface area (Å²) in [5, 5.41) is 8.57. The summed E-state index contributed by atoms with van der Waals surface area (Å²) in [6.07, 6.45) is 3.45. The number of rotatable bonds is 9. The van der Waals surface area contributed by atoms with Crippen molar-refractivity contribution in [2.45, 2.75) is 36.4 Å². The zero-order valence-corrected chi connectivity index (χ0v) is 19.8. The average molecular weight is 506 g/mol. The highest BCUT2D eigenvalue weighted by Crippen LogP contribution is 2.20. The summed E-state index contributed by atoms with van der Waals surface area (Å²) in [6.45, 7) is 2.31. The lowest BCUT2D eigenvalue weighted by atomic mass is 9.90. The van der Waals surface area contributed by atoms with Crippen molar-refractivity contribution in [2.24, 2.45) is 5.92 Å². The lowest BCUT2D eigenvalue weighted by molar-refractivity contribution is -0.118. The molecular weight excluding hydrogens is 477 g/mol. The van der Waals surface area contributed by atoms with Crippen LogP contribution >= 0.6 is 0 Å². The second-order valence-corrected chi connectivity index (χ2v) is 10.4. The van der Waals surface area contributed by atoms with Gasteiger partial charge in [0.1, 0.15) is 11.9 Å². The molecule has 12 heteroatoms. The molecule has 2 aliphatic heterocycles. The predicted molar refractivity (Wildman–Crippen MR) is 126 cm³/mol. The Balaban J connectivity index is 1.43. The number of hydrogen-bond acceptors (Lipinski definition) is 7. The number of aromatic nitrogens is 1. The van der Waals surface area contributed by atoms with E-state index in [4.69, 9.17) is 4.74 Å². The Morgan fingerprint density at radius 2 is 1.83 bits per heavy atom. The van der Waals surface area contributed by atoms with E-state index in [-0.39, 0.29) is 22.5 Å². The monoisotopic (exact) mass is 505 g/mol. The SMILES string of the molecule is O=C(N[C@@H](CC1CCNCC1)C(=O)Nc1ccc(S(=O)(=O)NC2COC2)nc1)c1ccc(F)cc1. The molecule has 35 heavy (non-hydrogen) atoms. The van der Waals surface area contributed by atoms with E-state index in [1.165, 1.54) is 42.6 Å². The maximum atomic E-state index is 13.2. The van der Waals surface area contributed by atoms with Gasteiger partial charge in [0.25, 0.3) is 15.9 Å². The molecule has 2 saturated heterocycles. The maximum absolute atomic E-state index is 13.2. The van der Waals surface area contributed by atoms with Crippen LogP contribution in [0.25, 0.3) is 0 Å². The molecule has 4 N–H and O–H groups in total. The van der Waals surface area contributed by atoms with Crippen molar-refractivity contribution in [1.82, 2.24) is 20.3 Å². The van der Waals surface area contributed by atoms with Crippen molar-refractivity contribution in [3.05, 3.63) is 54.0 Å². The Morgan fingerprint density at radius 1 is 1.11 bits per heavy atom. The molecule has 0 radical (unpaired) electrons. The lowest BCUT2D eigenvalue weighted by Gasteiger charge is -2.27. The quantitative estimate of drug-likeness (QED) is 0.399. The maximum Gasteiger partial charge on any atom is 0.258 e. The van der Waals surface area contributed by atoms with Crippen molar-refractivity contribution < 1.29 is 27.1 Å². The van der Waals surface area contributed by atoms with E-state index in [9.17, 15) is 22.4 Å². The molecule has 0 bridgehead atoms. The molecule has 3 heterocycles. The first kappa shape index (κ1) is 25.2. The minimum Gasteiger partial charge on any atom is -0.378 e. The lowest BCUT2D eigenvalue weighted by Crippen LogP contribution is -2.48. The van der Waals surface area contributed by atoms with Gasteiger partial charge in [0.2, 0.25) is 5.91 Å². The number of pyridine rings is 1. The Labute approximate surface area is 203 Å². The Morgan fingerprint density at radius 3 is 2.43 bits per heavy atom. The molecule has 2 aromatic rings. The van der Waals surface area contributed by atoms with E-state index >= 15 is 0 Å². The van der Waals surface area contributed by atoms with Crippen molar-refractivity contribution in [2.75, 3.05) is 31.6 Å². The highest BCUT2D eigenvalue weighted by atomic mass is 32.2. The molecule has 1 aromatic carbocycles. The number of ether oxygens (including phenoxy) is 1. The van der Waals surface area contributed by atoms with Crippen LogP contribution in [0.5, 0.6) is 0 Å². The second-order valence-electron chi connectivity index (χ2n) is 8.69. The van der Waals surface area contributed by atoms with Gasteiger partial charge in [-0.1, -0.05) is 0 Å². The van der Waals surface area contributed by atoms with Gasteiger partial charge < -0.3 is 20.7 Å². The summed E-state index contributed by atoms with van der Waals surface area (Å²) in [5.74, 6) is -1.14. The largest absolute Gasteiger partial charge is 0.378 e. The van der Waals surface area contributed by atoms with Gasteiger partial charge in [-0.05, 0) is 74.7 Å². The Kier molecular flexibility index (Phi) is 8.06. The predicted octanol–water partition coefficient (Wildman–Crippen LogP) is 1.02. The summed E-state index contributed by atoms with van der Waals surface area (Å²) in [4.78, 5) is 29.8. The summed E-state index contributed by atoms with van der Waals surface area (Å²) in [5.41, 5.74) is 0.544. The molecule has 0 aliphatic carbocycles. The first-order valence-electron chi connectivity index (χ1n) is 11.4. The molecule has 1 aromatic heterocycles. The van der Waals surface area contributed by atoms with Crippen LogP contribution in [0.15, 0.2) is 47.6 Å². The van der Waals surface area contributed by atoms with Gasteiger partial charge in [-0.15, -0.1) is 0 Å². The first-order valence-corrected chi connectivity index (χ1v) is 12.9. The van der Waals surface area contributed by atoms with Crippen LogP contribution in [0.1, 0.15) is 29.6 Å². The van der Waals surface area contributed by atoms with Gasteiger partial charge in [0.05, 0.1) is 31.1 Å². The average Bonchev–Trinajstić information content (AvgIpc) is 2.82. The molecule has 2 amide bonds. The van der Waals surface area contributed by atoms with Gasteiger partial charge in [0.15, 0.2) is 5.03 Å². The Bertz CT molecular complexity index is 1130. The summed E-state index contributed by atoms with van der Waals surface area (Å²) < 4.78 is 45.5. The van der Waals surface area contributed by atoms with Gasteiger partial charge in [0, 0.05) is 5.56 Å². The van der Waals surface area contributed by atoms with Crippen LogP contribution in [0.4, 0.5) is 10.1 Å². The number of anilines is 1. The third-order valence-corrected chi connectivity index (χ3v) is 7.43. The molecule has 4 rings (SSSR count). The molecular formula is C23H28FN5O5S. The first-order chi connectivity index (χ1) is 16.8. The van der Waals surface area contributed by atoms with Gasteiger partial charge in [-0.3, -0.25) is 9.59 Å². The highest BCUT2D eigenvalue weighted by molar-refractivity contribution is 7.89. The molecule has 0 spiro atoms. The fourth-order valence-corrected chi connectivity index (χ4v) is 5.09. The number of amides is 2. The number of nitrogens with one attached hydrogen (secondary N) is 4. The fraction of sp³-hybridized carbons (Fsp3) is 0.435. The Hall–Kier alpha value is -2.93. The number of benzene rings is 1. The number of carbonyl (C=O) groups is 2. The van der Waals surface area contributed by atoms with Gasteiger partial charge in [-0.2, -0.15) is 0 Å². The number of nitrogens with zero attached hydrogens (tertiary/aromatic N) is 1. The minimum absolute atomic E-state index is 0.168. The van der Waals surface area contributed by atoms with Crippen LogP contribution in [0.2, 0.25) is 0 Å². The number of carbonyl (C=O) groups excluding carboxylic acids is 2. The third-order valence-electron chi connectivity index (χ3n) is 6.00. The summed E-state index contributed by atoms with van der Waals surface area (Å²) in [7, 11) is -3.79. The van der Waals surface area contributed by atoms with E-state index in [1.54, 1.807) is 0 Å². The van der Waals surface area contributed by atoms with Crippen molar-refractivity contribution >= 4 is 27.5 Å². The van der Waals surface area contributed by atoms with Crippen LogP contribution in [-0.2, 0) is 19.6 Å². The molecule has 10 nitrogen and oxygen atoms in total. The molecule has 1 atom stereocenters. The van der Waals surface area contributed by atoms with Gasteiger partial charge >= 0.3 is 0 Å². The van der Waals surface area contributed by atoms with E-state index in [2.05, 4.69) is 25.7 Å². The molecule has 0 saturated carbocycles. The van der Waals surface area contributed by atoms with E-state index in [0.29, 0.717) is 25.3 Å². The number of halogens is 1. The van der Waals surface area contributed by atoms with Crippen LogP contribution in [-0.4, -0.2) is 63.6 Å². The highest BCUT2D eigenvalue weighted by Gasteiger charge is 2.28. The number of hydrogen-bond donors (Lipinski definition) is 4. The topological polar surface area (TPSA) is 139 Å². The van der Waals surface area contributed by atoms with E-state index in [0.717, 1.165) is 25.9 Å². The second kappa shape index (κ2) is 11.2. The van der Waals surface area contributed by atoms with Crippen LogP contribution < -0.4 is 20.7 Å². The molecule has 188 valence electrons. The molecule has 2 aliphatic rings. The van der Waals surface area contributed by atoms with Crippen LogP contribution in [0, 0.1) is 11.7 Å². The molecule has 0 unspecified atom stereocenters. The zero-order chi connectivity index (χ0) is 24.8. The fourth-order valence-electron chi connectivity index (χ4n) is 3.95. The smallest absolute Gasteiger partial charge is 0.258 e. The zero-order valence-electron chi connectivity index (χ0n) is 19.0. The summed E-state index contributed by atoms with van der Waals surface area (Å²) in [6, 6.07) is 6.72. The van der Waals surface area contributed by atoms with Crippen LogP contribution in [0.3, 0.4) is 0 Å². The summed E-state index contributed by atoms with van der Waals surface area (Å²) >= 11 is 0. The third kappa shape index (κ3) is 6.82. The van der Waals surface area contributed by atoms with E-state index < -0.39 is 33.7 Å². The molecule has 2 fully saturated rings. The van der Waals surface area contributed by atoms with Crippen molar-refractivity contribution in [1.29, 1.82) is 0 Å². The normalized spacial score (nSPS) is 17.9. The van der Waals surface area contributed by atoms with Crippen molar-refractivity contribution in [3.8, 4) is 0 Å². The van der Waals surface area contributed by atoms with E-state index in [1.807, 2.05) is 0 Å². The van der Waals surface area contributed by atoms with Gasteiger partial charge in [-0.25, -0.2) is 22.5 Å². The number of piperidine rings is 1.